The molecule has 6 nitrogen and oxygen atoms in total. The van der Waals surface area contributed by atoms with Crippen LogP contribution in [0.2, 0.25) is 0 Å². The van der Waals surface area contributed by atoms with E-state index in [4.69, 9.17) is 5.11 Å². The van der Waals surface area contributed by atoms with Crippen LogP contribution in [0.25, 0.3) is 0 Å². The van der Waals surface area contributed by atoms with Crippen molar-refractivity contribution in [3.05, 3.63) is 39.6 Å². The van der Waals surface area contributed by atoms with E-state index in [2.05, 4.69) is 15.3 Å². The largest absolute Gasteiger partial charge is 0.476 e. The van der Waals surface area contributed by atoms with Crippen LogP contribution in [0.5, 0.6) is 0 Å². The van der Waals surface area contributed by atoms with E-state index in [1.807, 2.05) is 6.92 Å². The molecule has 0 saturated heterocycles. The zero-order valence-corrected chi connectivity index (χ0v) is 11.1. The quantitative estimate of drug-likeness (QED) is 0.772. The highest BCUT2D eigenvalue weighted by Gasteiger charge is 2.11. The Morgan fingerprint density at radius 1 is 1.47 bits per heavy atom. The first-order valence-electron chi connectivity index (χ1n) is 5.67. The maximum Gasteiger partial charge on any atom is 0.355 e. The van der Waals surface area contributed by atoms with E-state index in [1.54, 1.807) is 12.4 Å². The molecule has 1 amide bonds. The van der Waals surface area contributed by atoms with Crippen LogP contribution in [0, 0.1) is 6.92 Å². The van der Waals surface area contributed by atoms with Gasteiger partial charge in [-0.2, -0.15) is 0 Å². The molecule has 100 valence electrons. The minimum Gasteiger partial charge on any atom is -0.476 e. The van der Waals surface area contributed by atoms with Crippen molar-refractivity contribution in [2.24, 2.45) is 0 Å². The summed E-state index contributed by atoms with van der Waals surface area (Å²) in [6.07, 6.45) is 3.93. The Kier molecular flexibility index (Phi) is 3.96. The topological polar surface area (TPSA) is 95.1 Å². The molecule has 0 unspecified atom stereocenters. The summed E-state index contributed by atoms with van der Waals surface area (Å²) in [6.45, 7) is 2.28. The summed E-state index contributed by atoms with van der Waals surface area (Å²) in [6, 6.07) is 0. The number of carbonyl (C=O) groups is 2. The van der Waals surface area contributed by atoms with Gasteiger partial charge in [0, 0.05) is 30.7 Å². The number of thiazole rings is 1. The molecule has 0 radical (unpaired) electrons. The van der Waals surface area contributed by atoms with Gasteiger partial charge in [-0.3, -0.25) is 4.79 Å². The minimum atomic E-state index is -1.03. The standard InChI is InChI=1S/C12H13N3O3S/c1-7-4-13-5-8(7)11(16)14-3-2-10-15-9(6-19-10)12(17)18/h4-6,13H,2-3H2,1H3,(H,14,16)(H,17,18). The van der Waals surface area contributed by atoms with Crippen molar-refractivity contribution in [2.75, 3.05) is 6.54 Å². The normalized spacial score (nSPS) is 10.4. The molecule has 0 aliphatic heterocycles. The molecule has 2 heterocycles. The van der Waals surface area contributed by atoms with Gasteiger partial charge >= 0.3 is 5.97 Å². The molecule has 0 bridgehead atoms. The summed E-state index contributed by atoms with van der Waals surface area (Å²) in [5.74, 6) is -1.18. The van der Waals surface area contributed by atoms with Gasteiger partial charge in [0.25, 0.3) is 5.91 Å². The number of hydrogen-bond acceptors (Lipinski definition) is 4. The van der Waals surface area contributed by atoms with E-state index in [0.717, 1.165) is 5.56 Å². The summed E-state index contributed by atoms with van der Waals surface area (Å²) in [4.78, 5) is 29.3. The van der Waals surface area contributed by atoms with Crippen LogP contribution < -0.4 is 5.32 Å². The lowest BCUT2D eigenvalue weighted by molar-refractivity contribution is 0.0690. The highest BCUT2D eigenvalue weighted by atomic mass is 32.1. The monoisotopic (exact) mass is 279 g/mol. The van der Waals surface area contributed by atoms with Crippen molar-refractivity contribution in [1.82, 2.24) is 15.3 Å². The number of aromatic amines is 1. The Hall–Kier alpha value is -2.15. The average Bonchev–Trinajstić information content (AvgIpc) is 2.97. The van der Waals surface area contributed by atoms with Crippen LogP contribution in [-0.2, 0) is 6.42 Å². The molecule has 19 heavy (non-hydrogen) atoms. The number of hydrogen-bond donors (Lipinski definition) is 3. The number of aryl methyl sites for hydroxylation is 1. The number of aromatic nitrogens is 2. The second-order valence-corrected chi connectivity index (χ2v) is 4.93. The maximum absolute atomic E-state index is 11.8. The number of carbonyl (C=O) groups excluding carboxylic acids is 1. The van der Waals surface area contributed by atoms with Crippen LogP contribution in [0.4, 0.5) is 0 Å². The van der Waals surface area contributed by atoms with Crippen molar-refractivity contribution < 1.29 is 14.7 Å². The lowest BCUT2D eigenvalue weighted by Crippen LogP contribution is -2.25. The number of carboxylic acid groups (broad SMARTS) is 1. The van der Waals surface area contributed by atoms with Gasteiger partial charge in [-0.05, 0) is 12.5 Å². The van der Waals surface area contributed by atoms with Crippen LogP contribution in [0.1, 0.15) is 31.4 Å². The van der Waals surface area contributed by atoms with Gasteiger partial charge in [0.2, 0.25) is 0 Å². The number of H-pyrrole nitrogens is 1. The third-order valence-electron chi connectivity index (χ3n) is 2.59. The van der Waals surface area contributed by atoms with E-state index in [-0.39, 0.29) is 11.6 Å². The SMILES string of the molecule is Cc1c[nH]cc1C(=O)NCCc1nc(C(=O)O)cs1. The van der Waals surface area contributed by atoms with Crippen molar-refractivity contribution in [1.29, 1.82) is 0 Å². The van der Waals surface area contributed by atoms with Crippen LogP contribution in [0.3, 0.4) is 0 Å². The molecule has 0 atom stereocenters. The van der Waals surface area contributed by atoms with Crippen molar-refractivity contribution >= 4 is 23.2 Å². The zero-order chi connectivity index (χ0) is 13.8. The van der Waals surface area contributed by atoms with Gasteiger partial charge in [0.15, 0.2) is 5.69 Å². The fourth-order valence-electron chi connectivity index (χ4n) is 1.59. The Labute approximate surface area is 113 Å². The molecule has 7 heteroatoms. The smallest absolute Gasteiger partial charge is 0.355 e. The number of carboxylic acids is 1. The van der Waals surface area contributed by atoms with Crippen molar-refractivity contribution in [3.63, 3.8) is 0 Å². The van der Waals surface area contributed by atoms with Gasteiger partial charge in [-0.1, -0.05) is 0 Å². The Bertz CT molecular complexity index is 603. The molecule has 2 aromatic rings. The fourth-order valence-corrected chi connectivity index (χ4v) is 2.36. The third kappa shape index (κ3) is 3.19. The molecule has 0 spiro atoms. The first kappa shape index (κ1) is 13.3. The Morgan fingerprint density at radius 3 is 2.84 bits per heavy atom. The predicted molar refractivity (Wildman–Crippen MR) is 70.6 cm³/mol. The van der Waals surface area contributed by atoms with E-state index in [9.17, 15) is 9.59 Å². The van der Waals surface area contributed by atoms with Crippen LogP contribution in [0.15, 0.2) is 17.8 Å². The molecule has 3 N–H and O–H groups in total. The number of nitrogens with one attached hydrogen (secondary N) is 2. The molecule has 0 aromatic carbocycles. The second kappa shape index (κ2) is 5.66. The Morgan fingerprint density at radius 2 is 2.26 bits per heavy atom. The summed E-state index contributed by atoms with van der Waals surface area (Å²) < 4.78 is 0. The summed E-state index contributed by atoms with van der Waals surface area (Å²) in [5, 5.41) is 13.7. The van der Waals surface area contributed by atoms with E-state index in [1.165, 1.54) is 16.7 Å². The lowest BCUT2D eigenvalue weighted by Gasteiger charge is -2.02. The highest BCUT2D eigenvalue weighted by molar-refractivity contribution is 7.09. The highest BCUT2D eigenvalue weighted by Crippen LogP contribution is 2.10. The van der Waals surface area contributed by atoms with Crippen molar-refractivity contribution in [3.8, 4) is 0 Å². The van der Waals surface area contributed by atoms with Gasteiger partial charge < -0.3 is 15.4 Å². The Balaban J connectivity index is 1.85. The van der Waals surface area contributed by atoms with Crippen molar-refractivity contribution in [2.45, 2.75) is 13.3 Å². The summed E-state index contributed by atoms with van der Waals surface area (Å²) >= 11 is 1.28. The number of rotatable bonds is 5. The van der Waals surface area contributed by atoms with E-state index < -0.39 is 5.97 Å². The number of amides is 1. The number of nitrogens with zero attached hydrogens (tertiary/aromatic N) is 1. The summed E-state index contributed by atoms with van der Waals surface area (Å²) in [7, 11) is 0. The maximum atomic E-state index is 11.8. The minimum absolute atomic E-state index is 0.0489. The first-order valence-corrected chi connectivity index (χ1v) is 6.55. The van der Waals surface area contributed by atoms with E-state index >= 15 is 0 Å². The summed E-state index contributed by atoms with van der Waals surface area (Å²) in [5.41, 5.74) is 1.55. The van der Waals surface area contributed by atoms with Crippen LogP contribution >= 0.6 is 11.3 Å². The van der Waals surface area contributed by atoms with Gasteiger partial charge in [-0.15, -0.1) is 11.3 Å². The second-order valence-electron chi connectivity index (χ2n) is 3.99. The fraction of sp³-hybridized carbons (Fsp3) is 0.250. The van der Waals surface area contributed by atoms with Gasteiger partial charge in [0.05, 0.1) is 10.6 Å². The molecule has 2 aromatic heterocycles. The zero-order valence-electron chi connectivity index (χ0n) is 10.3. The molecule has 2 rings (SSSR count). The first-order chi connectivity index (χ1) is 9.08. The molecule has 0 fully saturated rings. The van der Waals surface area contributed by atoms with E-state index in [0.29, 0.717) is 23.5 Å². The molecule has 0 aliphatic carbocycles. The lowest BCUT2D eigenvalue weighted by atomic mass is 10.2. The van der Waals surface area contributed by atoms with Crippen LogP contribution in [-0.4, -0.2) is 33.5 Å². The molecule has 0 saturated carbocycles. The predicted octanol–water partition coefficient (Wildman–Crippen LogP) is 1.45. The van der Waals surface area contributed by atoms with Gasteiger partial charge in [0.1, 0.15) is 0 Å². The molecular weight excluding hydrogens is 266 g/mol. The number of aromatic carboxylic acids is 1. The van der Waals surface area contributed by atoms with Gasteiger partial charge in [-0.25, -0.2) is 9.78 Å². The average molecular weight is 279 g/mol. The molecular formula is C12H13N3O3S. The third-order valence-corrected chi connectivity index (χ3v) is 3.50. The molecule has 0 aliphatic rings.